The molecule has 1 rings (SSSR count). The summed E-state index contributed by atoms with van der Waals surface area (Å²) in [5.74, 6) is -0.644. The number of rotatable bonds is 3. The summed E-state index contributed by atoms with van der Waals surface area (Å²) in [6, 6.07) is 3.89. The fourth-order valence-corrected chi connectivity index (χ4v) is 1.45. The molecular formula is C11H12F3NO2. The van der Waals surface area contributed by atoms with Gasteiger partial charge in [-0.15, -0.1) is 0 Å². The lowest BCUT2D eigenvalue weighted by Crippen LogP contribution is -2.20. The Bertz CT molecular complexity index is 404. The predicted molar refractivity (Wildman–Crippen MR) is 55.0 cm³/mol. The van der Waals surface area contributed by atoms with Gasteiger partial charge in [0, 0.05) is 6.04 Å². The molecule has 0 saturated carbocycles. The second-order valence-corrected chi connectivity index (χ2v) is 3.47. The summed E-state index contributed by atoms with van der Waals surface area (Å²) in [4.78, 5) is 11.0. The van der Waals surface area contributed by atoms with E-state index in [-0.39, 0.29) is 12.0 Å². The first kappa shape index (κ1) is 13.5. The lowest BCUT2D eigenvalue weighted by atomic mass is 9.98. The molecule has 17 heavy (non-hydrogen) atoms. The summed E-state index contributed by atoms with van der Waals surface area (Å²) in [5, 5.41) is 0. The van der Waals surface area contributed by atoms with Crippen LogP contribution in [0.15, 0.2) is 24.3 Å². The van der Waals surface area contributed by atoms with E-state index in [9.17, 15) is 18.0 Å². The fraction of sp³-hybridized carbons (Fsp3) is 0.364. The van der Waals surface area contributed by atoms with Crippen molar-refractivity contribution in [2.75, 3.05) is 7.11 Å². The molecule has 0 aliphatic carbocycles. The van der Waals surface area contributed by atoms with Crippen LogP contribution in [-0.4, -0.2) is 13.1 Å². The average molecular weight is 247 g/mol. The Morgan fingerprint density at radius 1 is 1.41 bits per heavy atom. The van der Waals surface area contributed by atoms with E-state index in [1.54, 1.807) is 0 Å². The first-order valence-corrected chi connectivity index (χ1v) is 4.84. The normalized spacial score (nSPS) is 13.2. The first-order valence-electron chi connectivity index (χ1n) is 4.84. The Balaban J connectivity index is 3.01. The third-order valence-electron chi connectivity index (χ3n) is 2.28. The number of hydrogen-bond acceptors (Lipinski definition) is 3. The van der Waals surface area contributed by atoms with E-state index < -0.39 is 23.8 Å². The van der Waals surface area contributed by atoms with Crippen LogP contribution >= 0.6 is 0 Å². The van der Waals surface area contributed by atoms with Crippen LogP contribution in [0.4, 0.5) is 13.2 Å². The molecule has 0 radical (unpaired) electrons. The molecule has 0 fully saturated rings. The van der Waals surface area contributed by atoms with Crippen molar-refractivity contribution in [1.29, 1.82) is 0 Å². The number of esters is 1. The molecule has 94 valence electrons. The van der Waals surface area contributed by atoms with Gasteiger partial charge >= 0.3 is 12.1 Å². The van der Waals surface area contributed by atoms with Gasteiger partial charge < -0.3 is 10.5 Å². The number of nitrogens with two attached hydrogens (primary N) is 1. The van der Waals surface area contributed by atoms with E-state index in [1.165, 1.54) is 18.2 Å². The molecule has 0 aliphatic rings. The highest BCUT2D eigenvalue weighted by Gasteiger charge is 2.34. The fourth-order valence-electron chi connectivity index (χ4n) is 1.45. The summed E-state index contributed by atoms with van der Waals surface area (Å²) in [5.41, 5.74) is 4.64. The van der Waals surface area contributed by atoms with Crippen molar-refractivity contribution in [1.82, 2.24) is 0 Å². The number of ether oxygens (including phenoxy) is 1. The third-order valence-corrected chi connectivity index (χ3v) is 2.28. The molecule has 1 aromatic rings. The van der Waals surface area contributed by atoms with Crippen molar-refractivity contribution in [2.24, 2.45) is 5.73 Å². The molecule has 0 unspecified atom stereocenters. The minimum absolute atomic E-state index is 0.106. The maximum Gasteiger partial charge on any atom is 0.416 e. The highest BCUT2D eigenvalue weighted by atomic mass is 19.4. The Morgan fingerprint density at radius 3 is 2.53 bits per heavy atom. The number of alkyl halides is 3. The van der Waals surface area contributed by atoms with Crippen molar-refractivity contribution in [3.63, 3.8) is 0 Å². The van der Waals surface area contributed by atoms with Crippen LogP contribution in [0.1, 0.15) is 23.6 Å². The monoisotopic (exact) mass is 247 g/mol. The predicted octanol–water partition coefficient (Wildman–Crippen LogP) is 2.27. The Morgan fingerprint density at radius 2 is 2.00 bits per heavy atom. The molecule has 0 bridgehead atoms. The molecule has 0 saturated heterocycles. The number of halogens is 3. The van der Waals surface area contributed by atoms with Crippen LogP contribution in [-0.2, 0) is 15.7 Å². The average Bonchev–Trinajstić information content (AvgIpc) is 2.27. The van der Waals surface area contributed by atoms with E-state index >= 15 is 0 Å². The summed E-state index contributed by atoms with van der Waals surface area (Å²) in [6.07, 6.45) is -4.77. The zero-order valence-electron chi connectivity index (χ0n) is 9.12. The number of benzene rings is 1. The molecule has 1 aromatic carbocycles. The number of carbonyl (C=O) groups is 1. The second kappa shape index (κ2) is 5.18. The van der Waals surface area contributed by atoms with Gasteiger partial charge in [-0.1, -0.05) is 18.2 Å². The minimum Gasteiger partial charge on any atom is -0.469 e. The molecule has 0 amide bonds. The van der Waals surface area contributed by atoms with Gasteiger partial charge in [-0.2, -0.15) is 13.2 Å². The summed E-state index contributed by atoms with van der Waals surface area (Å²) < 4.78 is 42.3. The number of methoxy groups -OCH3 is 1. The molecule has 0 heterocycles. The van der Waals surface area contributed by atoms with E-state index in [4.69, 9.17) is 5.73 Å². The van der Waals surface area contributed by atoms with Crippen molar-refractivity contribution in [3.05, 3.63) is 35.4 Å². The largest absolute Gasteiger partial charge is 0.469 e. The first-order chi connectivity index (χ1) is 7.86. The summed E-state index contributed by atoms with van der Waals surface area (Å²) in [7, 11) is 1.16. The molecular weight excluding hydrogens is 235 g/mol. The van der Waals surface area contributed by atoms with Crippen LogP contribution in [0, 0.1) is 0 Å². The second-order valence-electron chi connectivity index (χ2n) is 3.47. The maximum absolute atomic E-state index is 12.7. The smallest absolute Gasteiger partial charge is 0.416 e. The molecule has 6 heteroatoms. The van der Waals surface area contributed by atoms with E-state index in [2.05, 4.69) is 4.74 Å². The van der Waals surface area contributed by atoms with Gasteiger partial charge in [0.25, 0.3) is 0 Å². The van der Waals surface area contributed by atoms with Gasteiger partial charge in [0.1, 0.15) is 0 Å². The Hall–Kier alpha value is -1.56. The van der Waals surface area contributed by atoms with Crippen LogP contribution in [0.25, 0.3) is 0 Å². The van der Waals surface area contributed by atoms with Gasteiger partial charge in [0.05, 0.1) is 19.1 Å². The quantitative estimate of drug-likeness (QED) is 0.833. The molecule has 0 aliphatic heterocycles. The zero-order chi connectivity index (χ0) is 13.1. The summed E-state index contributed by atoms with van der Waals surface area (Å²) >= 11 is 0. The lowest BCUT2D eigenvalue weighted by Gasteiger charge is -2.17. The molecule has 0 spiro atoms. The number of hydrogen-bond donors (Lipinski definition) is 1. The Kier molecular flexibility index (Phi) is 4.11. The standard InChI is InChI=1S/C11H12F3NO2/c1-17-10(16)6-9(15)7-4-2-3-5-8(7)11(12,13)14/h2-5,9H,6,15H2,1H3/t9-/m0/s1. The molecule has 1 atom stereocenters. The highest BCUT2D eigenvalue weighted by molar-refractivity contribution is 5.70. The lowest BCUT2D eigenvalue weighted by molar-refractivity contribution is -0.142. The van der Waals surface area contributed by atoms with Crippen molar-refractivity contribution in [2.45, 2.75) is 18.6 Å². The Labute approximate surface area is 96.4 Å². The highest BCUT2D eigenvalue weighted by Crippen LogP contribution is 2.34. The van der Waals surface area contributed by atoms with E-state index in [0.29, 0.717) is 0 Å². The van der Waals surface area contributed by atoms with Gasteiger partial charge in [-0.25, -0.2) is 0 Å². The van der Waals surface area contributed by atoms with E-state index in [1.807, 2.05) is 0 Å². The van der Waals surface area contributed by atoms with Crippen molar-refractivity contribution < 1.29 is 22.7 Å². The van der Waals surface area contributed by atoms with Gasteiger partial charge in [-0.05, 0) is 11.6 Å². The molecule has 2 N–H and O–H groups in total. The van der Waals surface area contributed by atoms with Gasteiger partial charge in [0.2, 0.25) is 0 Å². The van der Waals surface area contributed by atoms with Crippen LogP contribution in [0.5, 0.6) is 0 Å². The SMILES string of the molecule is COC(=O)C[C@H](N)c1ccccc1C(F)(F)F. The summed E-state index contributed by atoms with van der Waals surface area (Å²) in [6.45, 7) is 0. The maximum atomic E-state index is 12.7. The van der Waals surface area contributed by atoms with Crippen LogP contribution in [0.3, 0.4) is 0 Å². The topological polar surface area (TPSA) is 52.3 Å². The minimum atomic E-state index is -4.48. The van der Waals surface area contributed by atoms with E-state index in [0.717, 1.165) is 13.2 Å². The van der Waals surface area contributed by atoms with Crippen LogP contribution < -0.4 is 5.73 Å². The third kappa shape index (κ3) is 3.45. The van der Waals surface area contributed by atoms with Crippen molar-refractivity contribution >= 4 is 5.97 Å². The van der Waals surface area contributed by atoms with Gasteiger partial charge in [0.15, 0.2) is 0 Å². The van der Waals surface area contributed by atoms with Crippen molar-refractivity contribution in [3.8, 4) is 0 Å². The molecule has 3 nitrogen and oxygen atoms in total. The number of carbonyl (C=O) groups excluding carboxylic acids is 1. The molecule has 0 aromatic heterocycles. The van der Waals surface area contributed by atoms with Gasteiger partial charge in [-0.3, -0.25) is 4.79 Å². The zero-order valence-corrected chi connectivity index (χ0v) is 9.12. The van der Waals surface area contributed by atoms with Crippen LogP contribution in [0.2, 0.25) is 0 Å².